The van der Waals surface area contributed by atoms with Crippen molar-refractivity contribution in [2.45, 2.75) is 32.4 Å². The lowest BCUT2D eigenvalue weighted by molar-refractivity contribution is 0.411. The molecule has 92 valence electrons. The quantitative estimate of drug-likeness (QED) is 0.351. The van der Waals surface area contributed by atoms with E-state index in [1.165, 1.54) is 12.8 Å². The van der Waals surface area contributed by atoms with Crippen molar-refractivity contribution >= 4 is 5.96 Å². The van der Waals surface area contributed by atoms with Crippen LogP contribution in [0.3, 0.4) is 0 Å². The molecule has 1 heterocycles. The molecule has 2 rings (SSSR count). The summed E-state index contributed by atoms with van der Waals surface area (Å²) < 4.78 is 0. The summed E-state index contributed by atoms with van der Waals surface area (Å²) in [6.45, 7) is 3.67. The predicted octanol–water partition coefficient (Wildman–Crippen LogP) is 0.885. The maximum absolute atomic E-state index is 5.54. The van der Waals surface area contributed by atoms with E-state index in [1.807, 2.05) is 18.2 Å². The second-order valence-corrected chi connectivity index (χ2v) is 4.16. The molecule has 1 aliphatic carbocycles. The topological polar surface area (TPSA) is 66.5 Å². The first-order valence-electron chi connectivity index (χ1n) is 6.02. The summed E-state index contributed by atoms with van der Waals surface area (Å²) in [5, 5.41) is 0. The molecule has 0 aromatic carbocycles. The van der Waals surface area contributed by atoms with Crippen LogP contribution in [-0.2, 0) is 6.54 Å². The Labute approximate surface area is 102 Å². The molecule has 17 heavy (non-hydrogen) atoms. The Balaban J connectivity index is 2.04. The van der Waals surface area contributed by atoms with Gasteiger partial charge in [0.25, 0.3) is 0 Å². The summed E-state index contributed by atoms with van der Waals surface area (Å²) in [4.78, 5) is 11.0. The summed E-state index contributed by atoms with van der Waals surface area (Å²) >= 11 is 0. The van der Waals surface area contributed by atoms with Crippen LogP contribution in [0, 0.1) is 0 Å². The normalized spacial score (nSPS) is 15.8. The molecule has 1 aromatic heterocycles. The Bertz CT molecular complexity index is 372. The van der Waals surface area contributed by atoms with Crippen LogP contribution in [0.4, 0.5) is 0 Å². The molecule has 0 bridgehead atoms. The lowest BCUT2D eigenvalue weighted by atomic mass is 10.3. The molecular formula is C12H19N5. The largest absolute Gasteiger partial charge is 0.336 e. The standard InChI is InChI=1S/C12H19N5/c1-2-17(9-11-5-3-4-8-14-11)12(16-13)15-10-6-7-10/h3-5,8,10H,2,6-7,9,13H2,1H3,(H,15,16). The fraction of sp³-hybridized carbons (Fsp3) is 0.500. The Morgan fingerprint density at radius 1 is 1.59 bits per heavy atom. The zero-order valence-electron chi connectivity index (χ0n) is 10.1. The second kappa shape index (κ2) is 5.63. The van der Waals surface area contributed by atoms with Gasteiger partial charge < -0.3 is 4.90 Å². The van der Waals surface area contributed by atoms with Gasteiger partial charge in [-0.1, -0.05) is 6.07 Å². The van der Waals surface area contributed by atoms with Gasteiger partial charge in [0.2, 0.25) is 5.96 Å². The lowest BCUT2D eigenvalue weighted by Gasteiger charge is -2.23. The molecule has 1 aromatic rings. The maximum atomic E-state index is 5.54. The van der Waals surface area contributed by atoms with Crippen molar-refractivity contribution in [2.24, 2.45) is 10.8 Å². The third-order valence-electron chi connectivity index (χ3n) is 2.74. The SMILES string of the molecule is CCN(Cc1ccccn1)C(=NC1CC1)NN. The molecule has 1 fully saturated rings. The first-order valence-corrected chi connectivity index (χ1v) is 6.02. The van der Waals surface area contributed by atoms with E-state index in [2.05, 4.69) is 27.2 Å². The zero-order valence-corrected chi connectivity index (χ0v) is 10.1. The van der Waals surface area contributed by atoms with Gasteiger partial charge in [-0.2, -0.15) is 0 Å². The molecule has 5 nitrogen and oxygen atoms in total. The molecule has 1 saturated carbocycles. The molecule has 0 unspecified atom stereocenters. The van der Waals surface area contributed by atoms with Gasteiger partial charge in [0.15, 0.2) is 0 Å². The van der Waals surface area contributed by atoms with Crippen molar-refractivity contribution in [1.29, 1.82) is 0 Å². The maximum Gasteiger partial charge on any atom is 0.209 e. The highest BCUT2D eigenvalue weighted by molar-refractivity contribution is 5.79. The summed E-state index contributed by atoms with van der Waals surface area (Å²) in [5.41, 5.74) is 3.71. The number of pyridine rings is 1. The van der Waals surface area contributed by atoms with E-state index in [0.717, 1.165) is 24.7 Å². The summed E-state index contributed by atoms with van der Waals surface area (Å²) in [5.74, 6) is 6.30. The van der Waals surface area contributed by atoms with Gasteiger partial charge in [-0.25, -0.2) is 10.8 Å². The lowest BCUT2D eigenvalue weighted by Crippen LogP contribution is -2.44. The van der Waals surface area contributed by atoms with Crippen LogP contribution < -0.4 is 11.3 Å². The van der Waals surface area contributed by atoms with Crippen LogP contribution >= 0.6 is 0 Å². The van der Waals surface area contributed by atoms with Crippen molar-refractivity contribution in [3.05, 3.63) is 30.1 Å². The monoisotopic (exact) mass is 233 g/mol. The minimum atomic E-state index is 0.457. The minimum absolute atomic E-state index is 0.457. The number of nitrogens with two attached hydrogens (primary N) is 1. The Hall–Kier alpha value is -1.62. The Morgan fingerprint density at radius 2 is 2.41 bits per heavy atom. The number of rotatable bonds is 4. The van der Waals surface area contributed by atoms with Crippen molar-refractivity contribution < 1.29 is 0 Å². The molecule has 3 N–H and O–H groups in total. The number of nitrogens with zero attached hydrogens (tertiary/aromatic N) is 3. The number of hydrazine groups is 1. The van der Waals surface area contributed by atoms with Gasteiger partial charge in [0.1, 0.15) is 0 Å². The van der Waals surface area contributed by atoms with Gasteiger partial charge in [-0.3, -0.25) is 10.4 Å². The smallest absolute Gasteiger partial charge is 0.209 e. The van der Waals surface area contributed by atoms with Crippen LogP contribution in [0.25, 0.3) is 0 Å². The molecule has 0 amide bonds. The first kappa shape index (κ1) is 11.9. The van der Waals surface area contributed by atoms with Gasteiger partial charge in [0, 0.05) is 12.7 Å². The van der Waals surface area contributed by atoms with Crippen LogP contribution in [0.2, 0.25) is 0 Å². The van der Waals surface area contributed by atoms with Gasteiger partial charge in [0.05, 0.1) is 18.3 Å². The highest BCUT2D eigenvalue weighted by Crippen LogP contribution is 2.23. The molecule has 0 atom stereocenters. The van der Waals surface area contributed by atoms with E-state index in [9.17, 15) is 0 Å². The van der Waals surface area contributed by atoms with E-state index in [1.54, 1.807) is 6.20 Å². The zero-order chi connectivity index (χ0) is 12.1. The number of hydrogen-bond acceptors (Lipinski definition) is 3. The number of hydrogen-bond donors (Lipinski definition) is 2. The van der Waals surface area contributed by atoms with E-state index in [-0.39, 0.29) is 0 Å². The Morgan fingerprint density at radius 3 is 2.94 bits per heavy atom. The molecular weight excluding hydrogens is 214 g/mol. The van der Waals surface area contributed by atoms with Crippen LogP contribution in [0.5, 0.6) is 0 Å². The van der Waals surface area contributed by atoms with Crippen molar-refractivity contribution in [3.8, 4) is 0 Å². The van der Waals surface area contributed by atoms with Crippen molar-refractivity contribution in [3.63, 3.8) is 0 Å². The highest BCUT2D eigenvalue weighted by Gasteiger charge is 2.22. The van der Waals surface area contributed by atoms with E-state index < -0.39 is 0 Å². The summed E-state index contributed by atoms with van der Waals surface area (Å²) in [6, 6.07) is 6.37. The molecule has 0 aliphatic heterocycles. The van der Waals surface area contributed by atoms with E-state index >= 15 is 0 Å². The van der Waals surface area contributed by atoms with E-state index in [0.29, 0.717) is 6.04 Å². The third kappa shape index (κ3) is 3.42. The summed E-state index contributed by atoms with van der Waals surface area (Å²) in [7, 11) is 0. The van der Waals surface area contributed by atoms with Crippen molar-refractivity contribution in [2.75, 3.05) is 6.54 Å². The predicted molar refractivity (Wildman–Crippen MR) is 68.1 cm³/mol. The molecule has 1 aliphatic rings. The molecule has 0 radical (unpaired) electrons. The van der Waals surface area contributed by atoms with Crippen LogP contribution in [0.1, 0.15) is 25.5 Å². The number of aliphatic imine (C=N–C) groups is 1. The average Bonchev–Trinajstić information content (AvgIpc) is 3.18. The minimum Gasteiger partial charge on any atom is -0.336 e. The average molecular weight is 233 g/mol. The van der Waals surface area contributed by atoms with Gasteiger partial charge >= 0.3 is 0 Å². The molecule has 5 heteroatoms. The summed E-state index contributed by atoms with van der Waals surface area (Å²) in [6.07, 6.45) is 4.15. The van der Waals surface area contributed by atoms with E-state index in [4.69, 9.17) is 5.84 Å². The van der Waals surface area contributed by atoms with Crippen molar-refractivity contribution in [1.82, 2.24) is 15.3 Å². The van der Waals surface area contributed by atoms with Gasteiger partial charge in [-0.15, -0.1) is 0 Å². The van der Waals surface area contributed by atoms with Crippen LogP contribution in [-0.4, -0.2) is 28.4 Å². The fourth-order valence-electron chi connectivity index (χ4n) is 1.61. The molecule has 0 saturated heterocycles. The van der Waals surface area contributed by atoms with Gasteiger partial charge in [-0.05, 0) is 31.9 Å². The first-order chi connectivity index (χ1) is 8.33. The Kier molecular flexibility index (Phi) is 3.93. The second-order valence-electron chi connectivity index (χ2n) is 4.16. The van der Waals surface area contributed by atoms with Crippen LogP contribution in [0.15, 0.2) is 29.4 Å². The highest BCUT2D eigenvalue weighted by atomic mass is 15.4. The fourth-order valence-corrected chi connectivity index (χ4v) is 1.61. The number of aromatic nitrogens is 1. The number of guanidine groups is 1. The number of nitrogens with one attached hydrogen (secondary N) is 1. The third-order valence-corrected chi connectivity index (χ3v) is 2.74. The molecule has 0 spiro atoms.